The lowest BCUT2D eigenvalue weighted by Crippen LogP contribution is -2.57. The van der Waals surface area contributed by atoms with Gasteiger partial charge in [-0.1, -0.05) is 34.1 Å². The summed E-state index contributed by atoms with van der Waals surface area (Å²) in [6.45, 7) is 9.54. The molecular weight excluding hydrogens is 238 g/mol. The second kappa shape index (κ2) is 5.51. The lowest BCUT2D eigenvalue weighted by Gasteiger charge is -2.43. The Morgan fingerprint density at radius 1 is 1.42 bits per heavy atom. The van der Waals surface area contributed by atoms with Gasteiger partial charge in [0.05, 0.1) is 0 Å². The van der Waals surface area contributed by atoms with Gasteiger partial charge in [0.2, 0.25) is 0 Å². The van der Waals surface area contributed by atoms with Gasteiger partial charge in [-0.05, 0) is 37.0 Å². The summed E-state index contributed by atoms with van der Waals surface area (Å²) in [5, 5.41) is 6.40. The number of aliphatic imine (C=N–C) groups is 1. The molecule has 0 aromatic rings. The van der Waals surface area contributed by atoms with Gasteiger partial charge in [0.15, 0.2) is 5.96 Å². The molecule has 3 atom stereocenters. The van der Waals surface area contributed by atoms with E-state index in [-0.39, 0.29) is 5.91 Å². The Morgan fingerprint density at radius 2 is 2.16 bits per heavy atom. The first-order chi connectivity index (χ1) is 8.99. The minimum atomic E-state index is -0.418. The number of guanidine groups is 1. The third kappa shape index (κ3) is 2.63. The zero-order valence-electron chi connectivity index (χ0n) is 12.6. The summed E-state index contributed by atoms with van der Waals surface area (Å²) in [7, 11) is 0. The molecule has 1 spiro atoms. The fourth-order valence-corrected chi connectivity index (χ4v) is 3.64. The monoisotopic (exact) mass is 265 g/mol. The van der Waals surface area contributed by atoms with Crippen LogP contribution in [0.2, 0.25) is 0 Å². The predicted octanol–water partition coefficient (Wildman–Crippen LogP) is 2.30. The molecule has 2 rings (SSSR count). The zero-order valence-corrected chi connectivity index (χ0v) is 12.6. The molecule has 0 bridgehead atoms. The van der Waals surface area contributed by atoms with Crippen molar-refractivity contribution in [1.29, 1.82) is 0 Å². The van der Waals surface area contributed by atoms with Gasteiger partial charge in [-0.3, -0.25) is 15.1 Å². The minimum absolute atomic E-state index is 0.132. The van der Waals surface area contributed by atoms with Crippen molar-refractivity contribution in [3.05, 3.63) is 0 Å². The number of hydrogen-bond acceptors (Lipinski definition) is 2. The zero-order chi connectivity index (χ0) is 14.0. The maximum absolute atomic E-state index is 12.5. The second-order valence-corrected chi connectivity index (χ2v) is 6.52. The highest BCUT2D eigenvalue weighted by Crippen LogP contribution is 2.42. The normalized spacial score (nSPS) is 36.9. The van der Waals surface area contributed by atoms with E-state index in [4.69, 9.17) is 0 Å². The Labute approximate surface area is 116 Å². The average Bonchev–Trinajstić information content (AvgIpc) is 2.63. The third-order valence-corrected chi connectivity index (χ3v) is 4.55. The van der Waals surface area contributed by atoms with Crippen LogP contribution in [-0.4, -0.2) is 24.0 Å². The quantitative estimate of drug-likeness (QED) is 0.822. The number of hydrogen-bond donors (Lipinski definition) is 2. The highest BCUT2D eigenvalue weighted by atomic mass is 16.2. The first-order valence-corrected chi connectivity index (χ1v) is 7.63. The van der Waals surface area contributed by atoms with E-state index in [9.17, 15) is 4.79 Å². The van der Waals surface area contributed by atoms with E-state index in [2.05, 4.69) is 43.3 Å². The molecule has 2 N–H and O–H groups in total. The third-order valence-electron chi connectivity index (χ3n) is 4.55. The van der Waals surface area contributed by atoms with Crippen molar-refractivity contribution in [2.24, 2.45) is 22.7 Å². The lowest BCUT2D eigenvalue weighted by molar-refractivity contribution is -0.129. The van der Waals surface area contributed by atoms with Gasteiger partial charge in [-0.2, -0.15) is 0 Å². The van der Waals surface area contributed by atoms with Crippen molar-refractivity contribution in [2.75, 3.05) is 6.54 Å². The van der Waals surface area contributed by atoms with Crippen molar-refractivity contribution < 1.29 is 4.79 Å². The van der Waals surface area contributed by atoms with Gasteiger partial charge < -0.3 is 5.32 Å². The molecule has 3 unspecified atom stereocenters. The Hall–Kier alpha value is -1.06. The van der Waals surface area contributed by atoms with Crippen molar-refractivity contribution in [2.45, 2.75) is 58.9 Å². The predicted molar refractivity (Wildman–Crippen MR) is 77.9 cm³/mol. The smallest absolute Gasteiger partial charge is 0.252 e. The van der Waals surface area contributed by atoms with Crippen LogP contribution in [-0.2, 0) is 4.79 Å². The van der Waals surface area contributed by atoms with Crippen LogP contribution in [0.25, 0.3) is 0 Å². The fraction of sp³-hybridized carbons (Fsp3) is 0.867. The van der Waals surface area contributed by atoms with E-state index in [0.717, 1.165) is 25.8 Å². The van der Waals surface area contributed by atoms with Crippen molar-refractivity contribution in [1.82, 2.24) is 10.6 Å². The molecule has 4 heteroatoms. The van der Waals surface area contributed by atoms with Crippen LogP contribution in [0.4, 0.5) is 0 Å². The molecule has 0 aromatic carbocycles. The van der Waals surface area contributed by atoms with Crippen LogP contribution in [0.3, 0.4) is 0 Å². The first kappa shape index (κ1) is 14.4. The van der Waals surface area contributed by atoms with Crippen molar-refractivity contribution >= 4 is 11.9 Å². The highest BCUT2D eigenvalue weighted by Gasteiger charge is 2.53. The van der Waals surface area contributed by atoms with E-state index < -0.39 is 5.54 Å². The molecular formula is C15H27N3O. The molecule has 2 fully saturated rings. The summed E-state index contributed by atoms with van der Waals surface area (Å²) in [6, 6.07) is 0. The molecule has 2 aliphatic rings. The molecule has 0 aromatic heterocycles. The van der Waals surface area contributed by atoms with Crippen molar-refractivity contribution in [3.8, 4) is 0 Å². The molecule has 1 saturated carbocycles. The number of nitrogens with zero attached hydrogens (tertiary/aromatic N) is 1. The van der Waals surface area contributed by atoms with E-state index in [1.807, 2.05) is 0 Å². The maximum Gasteiger partial charge on any atom is 0.252 e. The van der Waals surface area contributed by atoms with E-state index >= 15 is 0 Å². The van der Waals surface area contributed by atoms with Crippen LogP contribution in [0.15, 0.2) is 4.99 Å². The molecule has 108 valence electrons. The number of amides is 1. The average molecular weight is 265 g/mol. The summed E-state index contributed by atoms with van der Waals surface area (Å²) in [5.41, 5.74) is -0.418. The second-order valence-electron chi connectivity index (χ2n) is 6.52. The number of rotatable bonds is 3. The summed E-state index contributed by atoms with van der Waals surface area (Å²) >= 11 is 0. The van der Waals surface area contributed by atoms with Gasteiger partial charge in [-0.25, -0.2) is 0 Å². The Morgan fingerprint density at radius 3 is 2.79 bits per heavy atom. The largest absolute Gasteiger partial charge is 0.341 e. The summed E-state index contributed by atoms with van der Waals surface area (Å²) in [4.78, 5) is 17.0. The highest BCUT2D eigenvalue weighted by molar-refractivity contribution is 6.09. The van der Waals surface area contributed by atoms with Crippen LogP contribution in [0.1, 0.15) is 53.4 Å². The topological polar surface area (TPSA) is 53.5 Å². The van der Waals surface area contributed by atoms with E-state index in [0.29, 0.717) is 23.7 Å². The van der Waals surface area contributed by atoms with E-state index in [1.165, 1.54) is 6.42 Å². The fourth-order valence-electron chi connectivity index (χ4n) is 3.64. The lowest BCUT2D eigenvalue weighted by atomic mass is 9.65. The Balaban J connectivity index is 2.25. The molecule has 4 nitrogen and oxygen atoms in total. The summed E-state index contributed by atoms with van der Waals surface area (Å²) < 4.78 is 0. The molecule has 1 heterocycles. The first-order valence-electron chi connectivity index (χ1n) is 7.63. The Kier molecular flexibility index (Phi) is 4.16. The standard InChI is InChI=1S/C15H27N3O/c1-5-8-16-14-17-13(19)15(18-14)9-11(4)6-7-12(15)10(2)3/h10-12H,5-9H2,1-4H3,(H2,16,17,18,19). The molecule has 1 aliphatic carbocycles. The number of nitrogens with one attached hydrogen (secondary N) is 2. The molecule has 19 heavy (non-hydrogen) atoms. The van der Waals surface area contributed by atoms with Crippen molar-refractivity contribution in [3.63, 3.8) is 0 Å². The van der Waals surface area contributed by atoms with Crippen LogP contribution in [0, 0.1) is 17.8 Å². The van der Waals surface area contributed by atoms with Gasteiger partial charge in [0, 0.05) is 6.54 Å². The minimum Gasteiger partial charge on any atom is -0.341 e. The number of carbonyl (C=O) groups excluding carboxylic acids is 1. The SMILES string of the molecule is CCCN=C1NC(=O)C2(CC(C)CCC2C(C)C)N1. The van der Waals surface area contributed by atoms with Crippen LogP contribution in [0.5, 0.6) is 0 Å². The van der Waals surface area contributed by atoms with Crippen LogP contribution < -0.4 is 10.6 Å². The van der Waals surface area contributed by atoms with Crippen LogP contribution >= 0.6 is 0 Å². The molecule has 1 amide bonds. The maximum atomic E-state index is 12.5. The van der Waals surface area contributed by atoms with E-state index in [1.54, 1.807) is 0 Å². The molecule has 1 aliphatic heterocycles. The van der Waals surface area contributed by atoms with Gasteiger partial charge in [0.25, 0.3) is 5.91 Å². The molecule has 1 saturated heterocycles. The van der Waals surface area contributed by atoms with Gasteiger partial charge in [0.1, 0.15) is 5.54 Å². The Bertz CT molecular complexity index is 378. The van der Waals surface area contributed by atoms with Gasteiger partial charge in [-0.15, -0.1) is 0 Å². The summed E-state index contributed by atoms with van der Waals surface area (Å²) in [5.74, 6) is 2.33. The number of carbonyl (C=O) groups is 1. The molecule has 0 radical (unpaired) electrons. The summed E-state index contributed by atoms with van der Waals surface area (Å²) in [6.07, 6.45) is 4.27. The van der Waals surface area contributed by atoms with Gasteiger partial charge >= 0.3 is 0 Å².